The molecule has 0 unspecified atom stereocenters. The molecule has 0 spiro atoms. The van der Waals surface area contributed by atoms with Crippen LogP contribution >= 0.6 is 23.8 Å². The lowest BCUT2D eigenvalue weighted by Crippen LogP contribution is -2.27. The highest BCUT2D eigenvalue weighted by Gasteiger charge is 2.08. The third-order valence-electron chi connectivity index (χ3n) is 2.46. The number of carboxylic acid groups (broad SMARTS) is 1. The lowest BCUT2D eigenvalue weighted by Gasteiger charge is -2.11. The van der Waals surface area contributed by atoms with Gasteiger partial charge in [-0.1, -0.05) is 11.6 Å². The van der Waals surface area contributed by atoms with E-state index in [1.54, 1.807) is 12.3 Å². The smallest absolute Gasteiger partial charge is 0.335 e. The van der Waals surface area contributed by atoms with Gasteiger partial charge in [0.15, 0.2) is 5.11 Å². The van der Waals surface area contributed by atoms with Crippen molar-refractivity contribution in [1.82, 2.24) is 5.32 Å². The summed E-state index contributed by atoms with van der Waals surface area (Å²) in [7, 11) is 0. The first-order chi connectivity index (χ1) is 9.56. The number of carboxylic acids is 1. The van der Waals surface area contributed by atoms with Crippen LogP contribution in [0.1, 0.15) is 16.1 Å². The van der Waals surface area contributed by atoms with Crippen molar-refractivity contribution in [1.29, 1.82) is 0 Å². The highest BCUT2D eigenvalue weighted by molar-refractivity contribution is 7.80. The van der Waals surface area contributed by atoms with E-state index in [-0.39, 0.29) is 5.56 Å². The van der Waals surface area contributed by atoms with E-state index in [1.165, 1.54) is 18.2 Å². The first-order valence-electron chi connectivity index (χ1n) is 5.66. The quantitative estimate of drug-likeness (QED) is 0.753. The van der Waals surface area contributed by atoms with Crippen LogP contribution in [0.4, 0.5) is 5.69 Å². The van der Waals surface area contributed by atoms with E-state index in [1.807, 2.05) is 6.07 Å². The van der Waals surface area contributed by atoms with Crippen LogP contribution in [0.2, 0.25) is 5.02 Å². The summed E-state index contributed by atoms with van der Waals surface area (Å²) in [5, 5.41) is 15.4. The summed E-state index contributed by atoms with van der Waals surface area (Å²) in [5.74, 6) is -0.293. The average Bonchev–Trinajstić information content (AvgIpc) is 2.92. The van der Waals surface area contributed by atoms with Crippen LogP contribution in [0.25, 0.3) is 0 Å². The number of rotatable bonds is 4. The molecule has 0 aliphatic rings. The monoisotopic (exact) mass is 310 g/mol. The molecule has 0 saturated carbocycles. The molecular weight excluding hydrogens is 300 g/mol. The second kappa shape index (κ2) is 6.40. The molecule has 0 fully saturated rings. The van der Waals surface area contributed by atoms with Gasteiger partial charge in [0.25, 0.3) is 0 Å². The van der Waals surface area contributed by atoms with E-state index in [0.717, 1.165) is 5.76 Å². The first kappa shape index (κ1) is 14.4. The molecule has 7 heteroatoms. The fraction of sp³-hybridized carbons (Fsp3) is 0.0769. The number of hydrogen-bond acceptors (Lipinski definition) is 3. The Kier molecular flexibility index (Phi) is 4.60. The SMILES string of the molecule is O=C(O)c1ccc(Cl)c(NC(=S)NCc2ccco2)c1. The molecule has 3 N–H and O–H groups in total. The van der Waals surface area contributed by atoms with Crippen LogP contribution < -0.4 is 10.6 Å². The van der Waals surface area contributed by atoms with Crippen molar-refractivity contribution in [3.05, 3.63) is 52.9 Å². The van der Waals surface area contributed by atoms with Crippen molar-refractivity contribution >= 4 is 40.6 Å². The third-order valence-corrected chi connectivity index (χ3v) is 3.04. The van der Waals surface area contributed by atoms with Crippen molar-refractivity contribution < 1.29 is 14.3 Å². The molecule has 20 heavy (non-hydrogen) atoms. The number of hydrogen-bond donors (Lipinski definition) is 3. The Balaban J connectivity index is 2.00. The van der Waals surface area contributed by atoms with E-state index in [2.05, 4.69) is 10.6 Å². The van der Waals surface area contributed by atoms with Gasteiger partial charge in [-0.05, 0) is 42.5 Å². The molecule has 104 valence electrons. The molecule has 0 radical (unpaired) electrons. The van der Waals surface area contributed by atoms with Gasteiger partial charge in [-0.15, -0.1) is 0 Å². The largest absolute Gasteiger partial charge is 0.478 e. The minimum Gasteiger partial charge on any atom is -0.478 e. The summed E-state index contributed by atoms with van der Waals surface area (Å²) in [5.41, 5.74) is 0.564. The predicted molar refractivity (Wildman–Crippen MR) is 80.2 cm³/mol. The number of halogens is 1. The summed E-state index contributed by atoms with van der Waals surface area (Å²) in [6, 6.07) is 7.94. The Hall–Kier alpha value is -2.05. The van der Waals surface area contributed by atoms with Gasteiger partial charge in [0.05, 0.1) is 29.1 Å². The molecular formula is C13H11ClN2O3S. The van der Waals surface area contributed by atoms with Gasteiger partial charge in [0.1, 0.15) is 5.76 Å². The molecule has 5 nitrogen and oxygen atoms in total. The van der Waals surface area contributed by atoms with E-state index in [9.17, 15) is 4.79 Å². The Morgan fingerprint density at radius 2 is 2.20 bits per heavy atom. The minimum absolute atomic E-state index is 0.130. The lowest BCUT2D eigenvalue weighted by atomic mass is 10.2. The number of thiocarbonyl (C=S) groups is 1. The van der Waals surface area contributed by atoms with Crippen LogP contribution in [0.3, 0.4) is 0 Å². The second-order valence-electron chi connectivity index (χ2n) is 3.89. The van der Waals surface area contributed by atoms with E-state index in [0.29, 0.717) is 22.4 Å². The van der Waals surface area contributed by atoms with Gasteiger partial charge in [-0.3, -0.25) is 0 Å². The normalized spacial score (nSPS) is 10.1. The second-order valence-corrected chi connectivity index (χ2v) is 4.70. The average molecular weight is 311 g/mol. The Labute approximate surface area is 125 Å². The van der Waals surface area contributed by atoms with Crippen LogP contribution in [0.5, 0.6) is 0 Å². The topological polar surface area (TPSA) is 74.5 Å². The first-order valence-corrected chi connectivity index (χ1v) is 6.45. The lowest BCUT2D eigenvalue weighted by molar-refractivity contribution is 0.0697. The number of nitrogens with one attached hydrogen (secondary N) is 2. The molecule has 1 aromatic heterocycles. The van der Waals surface area contributed by atoms with Crippen LogP contribution in [-0.4, -0.2) is 16.2 Å². The van der Waals surface area contributed by atoms with Crippen LogP contribution in [0, 0.1) is 0 Å². The van der Waals surface area contributed by atoms with Crippen molar-refractivity contribution in [2.75, 3.05) is 5.32 Å². The van der Waals surface area contributed by atoms with Crippen molar-refractivity contribution in [2.24, 2.45) is 0 Å². The van der Waals surface area contributed by atoms with Gasteiger partial charge in [0, 0.05) is 0 Å². The number of anilines is 1. The van der Waals surface area contributed by atoms with Crippen molar-refractivity contribution in [3.8, 4) is 0 Å². The Bertz CT molecular complexity index is 629. The van der Waals surface area contributed by atoms with Gasteiger partial charge in [0.2, 0.25) is 0 Å². The number of aromatic carboxylic acids is 1. The van der Waals surface area contributed by atoms with E-state index >= 15 is 0 Å². The maximum absolute atomic E-state index is 10.9. The number of carbonyl (C=O) groups is 1. The molecule has 1 aromatic carbocycles. The van der Waals surface area contributed by atoms with Gasteiger partial charge in [-0.25, -0.2) is 4.79 Å². The zero-order valence-corrected chi connectivity index (χ0v) is 11.8. The highest BCUT2D eigenvalue weighted by atomic mass is 35.5. The Morgan fingerprint density at radius 1 is 1.40 bits per heavy atom. The molecule has 0 aliphatic heterocycles. The molecule has 2 aromatic rings. The molecule has 0 atom stereocenters. The standard InChI is InChI=1S/C13H11ClN2O3S/c14-10-4-3-8(12(17)18)6-11(10)16-13(20)15-7-9-2-1-5-19-9/h1-6H,7H2,(H,17,18)(H2,15,16,20). The van der Waals surface area contributed by atoms with Crippen molar-refractivity contribution in [2.45, 2.75) is 6.54 Å². The van der Waals surface area contributed by atoms with E-state index < -0.39 is 5.97 Å². The molecule has 0 aliphatic carbocycles. The summed E-state index contributed by atoms with van der Waals surface area (Å²) >= 11 is 11.1. The van der Waals surface area contributed by atoms with Gasteiger partial charge >= 0.3 is 5.97 Å². The zero-order valence-electron chi connectivity index (χ0n) is 10.2. The number of benzene rings is 1. The van der Waals surface area contributed by atoms with Gasteiger partial charge in [-0.2, -0.15) is 0 Å². The van der Waals surface area contributed by atoms with Crippen LogP contribution in [-0.2, 0) is 6.54 Å². The summed E-state index contributed by atoms with van der Waals surface area (Å²) in [4.78, 5) is 10.9. The van der Waals surface area contributed by atoms with Gasteiger partial charge < -0.3 is 20.2 Å². The predicted octanol–water partition coefficient (Wildman–Crippen LogP) is 3.12. The molecule has 2 rings (SSSR count). The zero-order chi connectivity index (χ0) is 14.5. The molecule has 0 bridgehead atoms. The number of furan rings is 1. The maximum atomic E-state index is 10.9. The third kappa shape index (κ3) is 3.72. The fourth-order valence-corrected chi connectivity index (χ4v) is 1.85. The Morgan fingerprint density at radius 3 is 2.85 bits per heavy atom. The summed E-state index contributed by atoms with van der Waals surface area (Å²) in [6.45, 7) is 0.426. The van der Waals surface area contributed by atoms with Crippen LogP contribution in [0.15, 0.2) is 41.0 Å². The van der Waals surface area contributed by atoms with E-state index in [4.69, 9.17) is 33.3 Å². The molecule has 0 amide bonds. The minimum atomic E-state index is -1.03. The summed E-state index contributed by atoms with van der Waals surface area (Å²) in [6.07, 6.45) is 1.57. The highest BCUT2D eigenvalue weighted by Crippen LogP contribution is 2.23. The molecule has 0 saturated heterocycles. The summed E-state index contributed by atoms with van der Waals surface area (Å²) < 4.78 is 5.15. The molecule has 1 heterocycles. The van der Waals surface area contributed by atoms with Crippen molar-refractivity contribution in [3.63, 3.8) is 0 Å². The fourth-order valence-electron chi connectivity index (χ4n) is 1.50. The maximum Gasteiger partial charge on any atom is 0.335 e.